The smallest absolute Gasteiger partial charge is 0.233 e. The molecule has 9 heavy (non-hydrogen) atoms. The van der Waals surface area contributed by atoms with Crippen LogP contribution < -0.4 is 0 Å². The Labute approximate surface area is 53.4 Å². The van der Waals surface area contributed by atoms with E-state index in [1.54, 1.807) is 23.0 Å². The van der Waals surface area contributed by atoms with Gasteiger partial charge in [-0.25, -0.2) is 9.97 Å². The third-order valence-corrected chi connectivity index (χ3v) is 1.12. The maximum absolute atomic E-state index is 7.20. The maximum Gasteiger partial charge on any atom is 0.233 e. The molecule has 0 N–H and O–H groups in total. The van der Waals surface area contributed by atoms with Gasteiger partial charge in [0.05, 0.1) is 1.37 Å². The van der Waals surface area contributed by atoms with Crippen molar-refractivity contribution in [1.29, 1.82) is 0 Å². The molecule has 2 aromatic heterocycles. The van der Waals surface area contributed by atoms with Crippen LogP contribution in [-0.2, 0) is 0 Å². The van der Waals surface area contributed by atoms with Crippen LogP contribution in [0.3, 0.4) is 0 Å². The molecule has 0 saturated carbocycles. The second-order valence-electron chi connectivity index (χ2n) is 1.69. The van der Waals surface area contributed by atoms with E-state index in [0.717, 1.165) is 0 Å². The fourth-order valence-electron chi connectivity index (χ4n) is 0.715. The lowest BCUT2D eigenvalue weighted by Crippen LogP contribution is -1.82. The van der Waals surface area contributed by atoms with E-state index in [0.29, 0.717) is 11.8 Å². The summed E-state index contributed by atoms with van der Waals surface area (Å²) in [5.41, 5.74) is 0. The molecule has 0 bridgehead atoms. The minimum absolute atomic E-state index is 0.394. The monoisotopic (exact) mass is 120 g/mol. The summed E-state index contributed by atoms with van der Waals surface area (Å²) in [4.78, 5) is 7.83. The van der Waals surface area contributed by atoms with E-state index in [9.17, 15) is 0 Å². The summed E-state index contributed by atoms with van der Waals surface area (Å²) >= 11 is 0. The Morgan fingerprint density at radius 3 is 3.22 bits per heavy atom. The Kier molecular flexibility index (Phi) is 0.621. The third-order valence-electron chi connectivity index (χ3n) is 1.12. The Morgan fingerprint density at radius 1 is 1.33 bits per heavy atom. The van der Waals surface area contributed by atoms with E-state index in [1.807, 2.05) is 0 Å². The van der Waals surface area contributed by atoms with E-state index >= 15 is 0 Å². The van der Waals surface area contributed by atoms with E-state index in [2.05, 4.69) is 9.97 Å². The quantitative estimate of drug-likeness (QED) is 0.513. The lowest BCUT2D eigenvalue weighted by Gasteiger charge is -1.85. The molecule has 3 nitrogen and oxygen atoms in total. The Hall–Kier alpha value is -1.38. The highest BCUT2D eigenvalue weighted by Gasteiger charge is 1.87. The number of aromatic nitrogens is 3. The van der Waals surface area contributed by atoms with Crippen molar-refractivity contribution in [3.8, 4) is 0 Å². The highest BCUT2D eigenvalue weighted by Crippen LogP contribution is 1.91. The van der Waals surface area contributed by atoms with E-state index in [-0.39, 0.29) is 0 Å². The van der Waals surface area contributed by atoms with Crippen molar-refractivity contribution in [3.05, 3.63) is 30.8 Å². The molecule has 2 heterocycles. The number of fused-ring (bicyclic) bond motifs is 1. The molecular formula is C6H5N3. The van der Waals surface area contributed by atoms with Gasteiger partial charge in [0.1, 0.15) is 0 Å². The minimum atomic E-state index is 0.394. The van der Waals surface area contributed by atoms with Gasteiger partial charge in [0.2, 0.25) is 5.78 Å². The van der Waals surface area contributed by atoms with Crippen LogP contribution in [0.15, 0.2) is 30.8 Å². The predicted molar refractivity (Wildman–Crippen MR) is 33.0 cm³/mol. The van der Waals surface area contributed by atoms with Crippen LogP contribution in [0.1, 0.15) is 1.37 Å². The molecule has 0 aliphatic heterocycles. The maximum atomic E-state index is 7.20. The molecule has 3 heteroatoms. The molecule has 0 amide bonds. The second-order valence-corrected chi connectivity index (χ2v) is 1.69. The Balaban J connectivity index is 2.86. The molecule has 0 fully saturated rings. The van der Waals surface area contributed by atoms with Crippen LogP contribution in [0.2, 0.25) is 0 Å². The van der Waals surface area contributed by atoms with Crippen LogP contribution in [0.4, 0.5) is 0 Å². The predicted octanol–water partition coefficient (Wildman–Crippen LogP) is 0.729. The molecule has 0 aliphatic carbocycles. The molecule has 44 valence electrons. The largest absolute Gasteiger partial charge is 0.291 e. The standard InChI is InChI=1S/C6H5N3/c1-2-7-6-8-3-5-9(6)4-1/h1-5H/i1D. The zero-order valence-corrected chi connectivity index (χ0v) is 4.65. The summed E-state index contributed by atoms with van der Waals surface area (Å²) in [6, 6.07) is 0.394. The third kappa shape index (κ3) is 0.579. The summed E-state index contributed by atoms with van der Waals surface area (Å²) in [6.07, 6.45) is 6.56. The average molecular weight is 120 g/mol. The van der Waals surface area contributed by atoms with Gasteiger partial charge in [-0.1, -0.05) is 0 Å². The van der Waals surface area contributed by atoms with Crippen LogP contribution >= 0.6 is 0 Å². The SMILES string of the molecule is [2H]c1cnc2nccn2c1. The highest BCUT2D eigenvalue weighted by atomic mass is 15.1. The van der Waals surface area contributed by atoms with Crippen molar-refractivity contribution in [3.63, 3.8) is 0 Å². The van der Waals surface area contributed by atoms with Gasteiger partial charge in [-0.15, -0.1) is 0 Å². The zero-order valence-electron chi connectivity index (χ0n) is 5.65. The van der Waals surface area contributed by atoms with Gasteiger partial charge in [0.25, 0.3) is 0 Å². The molecule has 0 atom stereocenters. The number of hydrogen-bond acceptors (Lipinski definition) is 2. The molecule has 0 spiro atoms. The van der Waals surface area contributed by atoms with E-state index < -0.39 is 0 Å². The van der Waals surface area contributed by atoms with Gasteiger partial charge in [0.15, 0.2) is 0 Å². The molecule has 2 aromatic rings. The fraction of sp³-hybridized carbons (Fsp3) is 0. The number of rotatable bonds is 0. The Morgan fingerprint density at radius 2 is 2.22 bits per heavy atom. The summed E-state index contributed by atoms with van der Waals surface area (Å²) in [5, 5.41) is 0. The number of hydrogen-bond donors (Lipinski definition) is 0. The van der Waals surface area contributed by atoms with Crippen molar-refractivity contribution in [2.45, 2.75) is 0 Å². The zero-order chi connectivity index (χ0) is 6.97. The lowest BCUT2D eigenvalue weighted by atomic mass is 10.7. The van der Waals surface area contributed by atoms with E-state index in [4.69, 9.17) is 1.37 Å². The molecule has 0 aromatic carbocycles. The molecule has 0 saturated heterocycles. The van der Waals surface area contributed by atoms with Gasteiger partial charge in [-0.05, 0) is 6.04 Å². The summed E-state index contributed by atoms with van der Waals surface area (Å²) in [5.74, 6) is 0.635. The average Bonchev–Trinajstić information content (AvgIpc) is 2.33. The Bertz CT molecular complexity index is 355. The van der Waals surface area contributed by atoms with Crippen LogP contribution in [0, 0.1) is 0 Å². The van der Waals surface area contributed by atoms with Crippen molar-refractivity contribution < 1.29 is 1.37 Å². The fourth-order valence-corrected chi connectivity index (χ4v) is 0.715. The first-order valence-electron chi connectivity index (χ1n) is 3.11. The summed E-state index contributed by atoms with van der Waals surface area (Å²) in [7, 11) is 0. The molecule has 0 radical (unpaired) electrons. The first-order valence-corrected chi connectivity index (χ1v) is 2.61. The van der Waals surface area contributed by atoms with Crippen molar-refractivity contribution in [2.75, 3.05) is 0 Å². The van der Waals surface area contributed by atoms with Gasteiger partial charge < -0.3 is 0 Å². The minimum Gasteiger partial charge on any atom is -0.291 e. The van der Waals surface area contributed by atoms with E-state index in [1.165, 1.54) is 6.20 Å². The van der Waals surface area contributed by atoms with Crippen LogP contribution in [0.5, 0.6) is 0 Å². The normalized spacial score (nSPS) is 11.8. The van der Waals surface area contributed by atoms with Crippen LogP contribution in [-0.4, -0.2) is 14.4 Å². The summed E-state index contributed by atoms with van der Waals surface area (Å²) < 4.78 is 8.92. The van der Waals surface area contributed by atoms with Gasteiger partial charge in [0, 0.05) is 24.8 Å². The topological polar surface area (TPSA) is 30.2 Å². The van der Waals surface area contributed by atoms with Crippen molar-refractivity contribution in [1.82, 2.24) is 14.4 Å². The lowest BCUT2D eigenvalue weighted by molar-refractivity contribution is 1.11. The van der Waals surface area contributed by atoms with Crippen molar-refractivity contribution in [2.24, 2.45) is 0 Å². The first-order chi connectivity index (χ1) is 4.86. The molecule has 0 aliphatic rings. The van der Waals surface area contributed by atoms with Gasteiger partial charge >= 0.3 is 0 Å². The van der Waals surface area contributed by atoms with Gasteiger partial charge in [-0.3, -0.25) is 4.40 Å². The second kappa shape index (κ2) is 1.55. The molecule has 0 unspecified atom stereocenters. The van der Waals surface area contributed by atoms with Crippen LogP contribution in [0.25, 0.3) is 5.78 Å². The highest BCUT2D eigenvalue weighted by molar-refractivity contribution is 5.25. The summed E-state index contributed by atoms with van der Waals surface area (Å²) in [6.45, 7) is 0. The first kappa shape index (κ1) is 3.61. The number of nitrogens with zero attached hydrogens (tertiary/aromatic N) is 3. The molecular weight excluding hydrogens is 114 g/mol. The van der Waals surface area contributed by atoms with Gasteiger partial charge in [-0.2, -0.15) is 0 Å². The van der Waals surface area contributed by atoms with Crippen molar-refractivity contribution >= 4 is 5.78 Å². The molecule has 2 rings (SSSR count). The number of imidazole rings is 1.